The predicted octanol–water partition coefficient (Wildman–Crippen LogP) is 4.35. The highest BCUT2D eigenvalue weighted by molar-refractivity contribution is 6.06. The van der Waals surface area contributed by atoms with Crippen molar-refractivity contribution in [3.05, 3.63) is 47.9 Å². The molecule has 1 aromatic carbocycles. The maximum Gasteiger partial charge on any atom is 0.315 e. The first-order chi connectivity index (χ1) is 12.7. The van der Waals surface area contributed by atoms with Crippen LogP contribution in [0.5, 0.6) is 0 Å². The number of para-hydroxylation sites is 1. The van der Waals surface area contributed by atoms with Gasteiger partial charge >= 0.3 is 5.97 Å². The summed E-state index contributed by atoms with van der Waals surface area (Å²) in [6, 6.07) is 9.84. The van der Waals surface area contributed by atoms with Gasteiger partial charge in [0.25, 0.3) is 0 Å². The van der Waals surface area contributed by atoms with E-state index < -0.39 is 5.92 Å². The Hall–Kier alpha value is -2.89. The number of hydrogen-bond acceptors (Lipinski definition) is 5. The van der Waals surface area contributed by atoms with Crippen LogP contribution >= 0.6 is 0 Å². The Balaban J connectivity index is 1.87. The van der Waals surface area contributed by atoms with Gasteiger partial charge < -0.3 is 9.15 Å². The molecule has 0 radical (unpaired) electrons. The smallest absolute Gasteiger partial charge is 0.315 e. The van der Waals surface area contributed by atoms with E-state index in [2.05, 4.69) is 22.1 Å². The fourth-order valence-corrected chi connectivity index (χ4v) is 3.64. The molecule has 2 aromatic heterocycles. The van der Waals surface area contributed by atoms with Gasteiger partial charge in [0, 0.05) is 16.7 Å². The predicted molar refractivity (Wildman–Crippen MR) is 98.8 cm³/mol. The molecule has 6 nitrogen and oxygen atoms in total. The van der Waals surface area contributed by atoms with Crippen LogP contribution in [0.25, 0.3) is 11.0 Å². The number of hydrogen-bond donors (Lipinski definition) is 1. The third-order valence-corrected chi connectivity index (χ3v) is 4.73. The number of aliphatic imine (C=N–C) groups is 1. The van der Waals surface area contributed by atoms with Gasteiger partial charge in [-0.15, -0.1) is 0 Å². The number of aromatic nitrogens is 2. The summed E-state index contributed by atoms with van der Waals surface area (Å²) in [7, 11) is 0. The molecule has 1 aliphatic heterocycles. The van der Waals surface area contributed by atoms with Crippen LogP contribution < -0.4 is 0 Å². The number of ether oxygens (including phenoxy) is 1. The van der Waals surface area contributed by atoms with Crippen molar-refractivity contribution in [3.8, 4) is 0 Å². The number of nitrogens with zero attached hydrogens (tertiary/aromatic N) is 2. The summed E-state index contributed by atoms with van der Waals surface area (Å²) in [6.07, 6.45) is 3.34. The van der Waals surface area contributed by atoms with Gasteiger partial charge in [-0.1, -0.05) is 31.5 Å². The molecule has 0 amide bonds. The van der Waals surface area contributed by atoms with Gasteiger partial charge in [0.1, 0.15) is 17.3 Å². The van der Waals surface area contributed by atoms with E-state index in [9.17, 15) is 4.79 Å². The zero-order chi connectivity index (χ0) is 18.1. The number of carbonyl (C=O) groups excluding carboxylic acids is 1. The number of carbonyl (C=O) groups is 1. The molecular weight excluding hydrogens is 330 g/mol. The molecule has 0 spiro atoms. The minimum atomic E-state index is -0.499. The number of fused-ring (bicyclic) bond motifs is 2. The lowest BCUT2D eigenvalue weighted by atomic mass is 9.78. The van der Waals surface area contributed by atoms with Crippen molar-refractivity contribution in [2.45, 2.75) is 32.6 Å². The average molecular weight is 351 g/mol. The quantitative estimate of drug-likeness (QED) is 0.693. The molecule has 1 aliphatic rings. The van der Waals surface area contributed by atoms with E-state index in [1.54, 1.807) is 6.20 Å². The number of aromatic amines is 1. The van der Waals surface area contributed by atoms with Crippen molar-refractivity contribution < 1.29 is 13.9 Å². The number of nitrogens with one attached hydrogen (secondary N) is 1. The van der Waals surface area contributed by atoms with E-state index >= 15 is 0 Å². The highest BCUT2D eigenvalue weighted by atomic mass is 16.5. The normalized spacial score (nSPS) is 19.2. The molecular formula is C20H21N3O3. The zero-order valence-corrected chi connectivity index (χ0v) is 14.9. The molecule has 6 heteroatoms. The summed E-state index contributed by atoms with van der Waals surface area (Å²) in [6.45, 7) is 4.22. The van der Waals surface area contributed by atoms with Gasteiger partial charge in [-0.25, -0.2) is 4.99 Å². The number of H-pyrrole nitrogens is 1. The lowest BCUT2D eigenvalue weighted by molar-refractivity contribution is -0.146. The Bertz CT molecular complexity index is 937. The van der Waals surface area contributed by atoms with E-state index in [0.717, 1.165) is 40.8 Å². The Morgan fingerprint density at radius 3 is 2.92 bits per heavy atom. The largest absolute Gasteiger partial charge is 0.465 e. The van der Waals surface area contributed by atoms with E-state index in [1.807, 2.05) is 37.3 Å². The van der Waals surface area contributed by atoms with Gasteiger partial charge in [0.05, 0.1) is 18.7 Å². The lowest BCUT2D eigenvalue weighted by Gasteiger charge is -2.28. The molecule has 3 aromatic rings. The Morgan fingerprint density at radius 2 is 2.15 bits per heavy atom. The highest BCUT2D eigenvalue weighted by Gasteiger charge is 2.42. The van der Waals surface area contributed by atoms with Crippen molar-refractivity contribution in [1.82, 2.24) is 10.2 Å². The maximum absolute atomic E-state index is 12.8. The molecule has 0 fully saturated rings. The zero-order valence-electron chi connectivity index (χ0n) is 14.9. The summed E-state index contributed by atoms with van der Waals surface area (Å²) in [5.74, 6) is 0.363. The second kappa shape index (κ2) is 6.78. The molecule has 0 aliphatic carbocycles. The maximum atomic E-state index is 12.8. The molecule has 4 rings (SSSR count). The molecule has 26 heavy (non-hydrogen) atoms. The fourth-order valence-electron chi connectivity index (χ4n) is 3.64. The second-order valence-electron chi connectivity index (χ2n) is 6.42. The summed E-state index contributed by atoms with van der Waals surface area (Å²) in [4.78, 5) is 17.5. The first-order valence-electron chi connectivity index (χ1n) is 8.98. The first-order valence-corrected chi connectivity index (χ1v) is 8.98. The number of benzene rings is 1. The number of furan rings is 1. The van der Waals surface area contributed by atoms with Gasteiger partial charge in [-0.2, -0.15) is 5.10 Å². The number of rotatable bonds is 5. The molecule has 2 atom stereocenters. The average Bonchev–Trinajstić information content (AvgIpc) is 3.27. The monoisotopic (exact) mass is 351 g/mol. The first kappa shape index (κ1) is 16.6. The van der Waals surface area contributed by atoms with Crippen molar-refractivity contribution in [1.29, 1.82) is 0 Å². The van der Waals surface area contributed by atoms with E-state index in [0.29, 0.717) is 12.4 Å². The summed E-state index contributed by atoms with van der Waals surface area (Å²) >= 11 is 0. The van der Waals surface area contributed by atoms with Crippen LogP contribution in [0.3, 0.4) is 0 Å². The van der Waals surface area contributed by atoms with Crippen LogP contribution in [0.2, 0.25) is 0 Å². The van der Waals surface area contributed by atoms with Crippen LogP contribution in [0, 0.1) is 5.92 Å². The van der Waals surface area contributed by atoms with Crippen molar-refractivity contribution in [2.24, 2.45) is 10.9 Å². The van der Waals surface area contributed by atoms with Crippen molar-refractivity contribution >= 4 is 28.5 Å². The Kier molecular flexibility index (Phi) is 4.32. The second-order valence-corrected chi connectivity index (χ2v) is 6.42. The van der Waals surface area contributed by atoms with Crippen molar-refractivity contribution in [2.75, 3.05) is 6.61 Å². The fraction of sp³-hybridized carbons (Fsp3) is 0.350. The van der Waals surface area contributed by atoms with Crippen LogP contribution in [-0.2, 0) is 9.53 Å². The topological polar surface area (TPSA) is 80.5 Å². The van der Waals surface area contributed by atoms with Crippen LogP contribution in [0.4, 0.5) is 5.82 Å². The molecule has 0 saturated heterocycles. The Labute approximate surface area is 151 Å². The minimum Gasteiger partial charge on any atom is -0.465 e. The van der Waals surface area contributed by atoms with E-state index in [-0.39, 0.29) is 11.9 Å². The van der Waals surface area contributed by atoms with E-state index in [1.165, 1.54) is 0 Å². The molecule has 0 saturated carbocycles. The lowest BCUT2D eigenvalue weighted by Crippen LogP contribution is -2.34. The molecule has 1 N–H and O–H groups in total. The molecule has 134 valence electrons. The van der Waals surface area contributed by atoms with Gasteiger partial charge in [0.2, 0.25) is 0 Å². The summed E-state index contributed by atoms with van der Waals surface area (Å²) < 4.78 is 11.5. The summed E-state index contributed by atoms with van der Waals surface area (Å²) in [5.41, 5.74) is 2.48. The minimum absolute atomic E-state index is 0.267. The molecule has 2 unspecified atom stereocenters. The standard InChI is InChI=1S/C20H21N3O3/c1-3-7-14-18(20(24)25-4-2)17(13-11-21-23-19(13)22-14)16-10-12-8-5-6-9-15(12)26-16/h5-6,8-11,17-18H,3-4,7H2,1-2H3,(H,21,23). The van der Waals surface area contributed by atoms with Crippen molar-refractivity contribution in [3.63, 3.8) is 0 Å². The van der Waals surface area contributed by atoms with Crippen LogP contribution in [0.15, 0.2) is 45.9 Å². The SMILES string of the molecule is CCCC1=Nc2[nH]ncc2C(c2cc3ccccc3o2)C1C(=O)OCC. The van der Waals surface area contributed by atoms with Gasteiger partial charge in [-0.05, 0) is 25.5 Å². The van der Waals surface area contributed by atoms with E-state index in [4.69, 9.17) is 9.15 Å². The number of esters is 1. The summed E-state index contributed by atoms with van der Waals surface area (Å²) in [5, 5.41) is 8.09. The molecule has 0 bridgehead atoms. The third-order valence-electron chi connectivity index (χ3n) is 4.73. The highest BCUT2D eigenvalue weighted by Crippen LogP contribution is 2.44. The van der Waals surface area contributed by atoms with Crippen LogP contribution in [0.1, 0.15) is 43.9 Å². The Morgan fingerprint density at radius 1 is 1.31 bits per heavy atom. The third kappa shape index (κ3) is 2.71. The van der Waals surface area contributed by atoms with Gasteiger partial charge in [-0.3, -0.25) is 9.89 Å². The van der Waals surface area contributed by atoms with Crippen LogP contribution in [-0.4, -0.2) is 28.5 Å². The van der Waals surface area contributed by atoms with Gasteiger partial charge in [0.15, 0.2) is 5.82 Å². The molecule has 3 heterocycles.